The summed E-state index contributed by atoms with van der Waals surface area (Å²) in [5, 5.41) is 5.08. The highest BCUT2D eigenvalue weighted by Crippen LogP contribution is 2.15. The Balaban J connectivity index is 2.71. The van der Waals surface area contributed by atoms with Crippen LogP contribution >= 0.6 is 0 Å². The first kappa shape index (κ1) is 11.0. The summed E-state index contributed by atoms with van der Waals surface area (Å²) in [5.41, 5.74) is 6.55. The van der Waals surface area contributed by atoms with Crippen molar-refractivity contribution in [2.45, 2.75) is 13.0 Å². The van der Waals surface area contributed by atoms with Gasteiger partial charge in [-0.05, 0) is 24.6 Å². The van der Waals surface area contributed by atoms with Crippen LogP contribution in [-0.4, -0.2) is 12.4 Å². The van der Waals surface area contributed by atoms with Crippen molar-refractivity contribution in [3.8, 4) is 0 Å². The van der Waals surface area contributed by atoms with Gasteiger partial charge in [-0.1, -0.05) is 12.1 Å². The molecular weight excluding hydrogens is 194 g/mol. The zero-order chi connectivity index (χ0) is 11.3. The van der Waals surface area contributed by atoms with E-state index in [4.69, 9.17) is 5.73 Å². The van der Waals surface area contributed by atoms with Crippen molar-refractivity contribution >= 4 is 18.1 Å². The van der Waals surface area contributed by atoms with Crippen LogP contribution in [0.5, 0.6) is 0 Å². The number of rotatable bonds is 4. The van der Waals surface area contributed by atoms with E-state index in [0.29, 0.717) is 12.1 Å². The minimum absolute atomic E-state index is 0.0508. The Hall–Kier alpha value is -2.04. The first-order chi connectivity index (χ1) is 7.13. The molecule has 0 heterocycles. The summed E-state index contributed by atoms with van der Waals surface area (Å²) in [4.78, 5) is 20.8. The first-order valence-electron chi connectivity index (χ1n) is 4.49. The number of hydrogen-bond donors (Lipinski definition) is 3. The Labute approximate surface area is 87.7 Å². The lowest BCUT2D eigenvalue weighted by Gasteiger charge is -2.11. The average Bonchev–Trinajstić information content (AvgIpc) is 2.18. The molecular formula is C10H13N3O2. The van der Waals surface area contributed by atoms with Crippen molar-refractivity contribution < 1.29 is 9.59 Å². The van der Waals surface area contributed by atoms with Crippen molar-refractivity contribution in [2.75, 3.05) is 5.32 Å². The SMILES string of the molecule is CC(NC=O)c1ccc(NC(N)=O)cc1. The van der Waals surface area contributed by atoms with Gasteiger partial charge in [-0.2, -0.15) is 0 Å². The lowest BCUT2D eigenvalue weighted by Crippen LogP contribution is -2.19. The number of urea groups is 1. The zero-order valence-corrected chi connectivity index (χ0v) is 8.36. The van der Waals surface area contributed by atoms with Gasteiger partial charge < -0.3 is 16.4 Å². The number of hydrogen-bond acceptors (Lipinski definition) is 2. The quantitative estimate of drug-likeness (QED) is 0.643. The van der Waals surface area contributed by atoms with E-state index in [1.165, 1.54) is 0 Å². The zero-order valence-electron chi connectivity index (χ0n) is 8.36. The molecule has 0 spiro atoms. The molecule has 0 saturated heterocycles. The number of carbonyl (C=O) groups excluding carboxylic acids is 2. The molecule has 0 saturated carbocycles. The summed E-state index contributed by atoms with van der Waals surface area (Å²) >= 11 is 0. The van der Waals surface area contributed by atoms with Crippen LogP contribution in [0.1, 0.15) is 18.5 Å². The molecule has 0 aromatic heterocycles. The van der Waals surface area contributed by atoms with Gasteiger partial charge in [-0.3, -0.25) is 4.79 Å². The number of carbonyl (C=O) groups is 2. The molecule has 3 amide bonds. The predicted molar refractivity (Wildman–Crippen MR) is 57.3 cm³/mol. The highest BCUT2D eigenvalue weighted by atomic mass is 16.2. The maximum Gasteiger partial charge on any atom is 0.316 e. The van der Waals surface area contributed by atoms with Gasteiger partial charge in [0.1, 0.15) is 0 Å². The number of amides is 3. The Bertz CT molecular complexity index is 348. The summed E-state index contributed by atoms with van der Waals surface area (Å²) in [6.07, 6.45) is 0.653. The highest BCUT2D eigenvalue weighted by molar-refractivity contribution is 5.87. The maximum atomic E-state index is 10.5. The fourth-order valence-corrected chi connectivity index (χ4v) is 1.20. The monoisotopic (exact) mass is 207 g/mol. The van der Waals surface area contributed by atoms with E-state index in [-0.39, 0.29) is 6.04 Å². The Morgan fingerprint density at radius 1 is 1.40 bits per heavy atom. The second-order valence-corrected chi connectivity index (χ2v) is 3.12. The molecule has 1 aromatic rings. The van der Waals surface area contributed by atoms with E-state index in [9.17, 15) is 9.59 Å². The molecule has 4 N–H and O–H groups in total. The Morgan fingerprint density at radius 2 is 2.00 bits per heavy atom. The van der Waals surface area contributed by atoms with Crippen molar-refractivity contribution in [3.63, 3.8) is 0 Å². The normalized spacial score (nSPS) is 11.5. The predicted octanol–water partition coefficient (Wildman–Crippen LogP) is 0.984. The van der Waals surface area contributed by atoms with Gasteiger partial charge >= 0.3 is 6.03 Å². The molecule has 0 bridgehead atoms. The molecule has 0 aliphatic heterocycles. The lowest BCUT2D eigenvalue weighted by atomic mass is 10.1. The summed E-state index contributed by atoms with van der Waals surface area (Å²) < 4.78 is 0. The fourth-order valence-electron chi connectivity index (χ4n) is 1.20. The third-order valence-corrected chi connectivity index (χ3v) is 2.00. The highest BCUT2D eigenvalue weighted by Gasteiger charge is 2.03. The number of nitrogens with two attached hydrogens (primary N) is 1. The van der Waals surface area contributed by atoms with Crippen LogP contribution in [-0.2, 0) is 4.79 Å². The van der Waals surface area contributed by atoms with Gasteiger partial charge in [0.05, 0.1) is 6.04 Å². The first-order valence-corrected chi connectivity index (χ1v) is 4.49. The Kier molecular flexibility index (Phi) is 3.68. The summed E-state index contributed by atoms with van der Waals surface area (Å²) in [6, 6.07) is 6.43. The molecule has 0 radical (unpaired) electrons. The van der Waals surface area contributed by atoms with E-state index >= 15 is 0 Å². The molecule has 0 aliphatic carbocycles. The van der Waals surface area contributed by atoms with E-state index < -0.39 is 6.03 Å². The lowest BCUT2D eigenvalue weighted by molar-refractivity contribution is -0.110. The summed E-state index contributed by atoms with van der Waals surface area (Å²) in [5.74, 6) is 0. The molecule has 5 heteroatoms. The number of benzene rings is 1. The molecule has 1 aromatic carbocycles. The van der Waals surface area contributed by atoms with Crippen LogP contribution in [0.3, 0.4) is 0 Å². The van der Waals surface area contributed by atoms with Gasteiger partial charge in [0.25, 0.3) is 0 Å². The summed E-state index contributed by atoms with van der Waals surface area (Å²) in [6.45, 7) is 1.87. The molecule has 1 atom stereocenters. The van der Waals surface area contributed by atoms with Crippen LogP contribution in [0.2, 0.25) is 0 Å². The largest absolute Gasteiger partial charge is 0.352 e. The number of nitrogens with one attached hydrogen (secondary N) is 2. The van der Waals surface area contributed by atoms with E-state index in [1.54, 1.807) is 12.1 Å². The van der Waals surface area contributed by atoms with Crippen LogP contribution in [0.25, 0.3) is 0 Å². The van der Waals surface area contributed by atoms with Crippen LogP contribution in [0.15, 0.2) is 24.3 Å². The van der Waals surface area contributed by atoms with E-state index in [2.05, 4.69) is 10.6 Å². The fraction of sp³-hybridized carbons (Fsp3) is 0.200. The van der Waals surface area contributed by atoms with Crippen molar-refractivity contribution in [1.82, 2.24) is 5.32 Å². The maximum absolute atomic E-state index is 10.5. The molecule has 1 unspecified atom stereocenters. The van der Waals surface area contributed by atoms with Crippen molar-refractivity contribution in [3.05, 3.63) is 29.8 Å². The van der Waals surface area contributed by atoms with Crippen molar-refractivity contribution in [2.24, 2.45) is 5.73 Å². The van der Waals surface area contributed by atoms with Gasteiger partial charge in [0.15, 0.2) is 0 Å². The Morgan fingerprint density at radius 3 is 2.47 bits per heavy atom. The third-order valence-electron chi connectivity index (χ3n) is 2.00. The van der Waals surface area contributed by atoms with Crippen LogP contribution in [0, 0.1) is 0 Å². The van der Waals surface area contributed by atoms with Crippen molar-refractivity contribution in [1.29, 1.82) is 0 Å². The molecule has 5 nitrogen and oxygen atoms in total. The van der Waals surface area contributed by atoms with E-state index in [0.717, 1.165) is 5.56 Å². The summed E-state index contributed by atoms with van der Waals surface area (Å²) in [7, 11) is 0. The number of primary amides is 1. The number of anilines is 1. The van der Waals surface area contributed by atoms with Gasteiger partial charge in [0, 0.05) is 5.69 Å². The molecule has 15 heavy (non-hydrogen) atoms. The standard InChI is InChI=1S/C10H13N3O2/c1-7(12-6-14)8-2-4-9(5-3-8)13-10(11)15/h2-7H,1H3,(H,12,14)(H3,11,13,15). The second-order valence-electron chi connectivity index (χ2n) is 3.12. The van der Waals surface area contributed by atoms with Crippen LogP contribution in [0.4, 0.5) is 10.5 Å². The molecule has 1 rings (SSSR count). The molecule has 0 aliphatic rings. The average molecular weight is 207 g/mol. The van der Waals surface area contributed by atoms with E-state index in [1.807, 2.05) is 19.1 Å². The minimum atomic E-state index is -0.596. The molecule has 0 fully saturated rings. The smallest absolute Gasteiger partial charge is 0.316 e. The second kappa shape index (κ2) is 4.99. The van der Waals surface area contributed by atoms with Crippen LogP contribution < -0.4 is 16.4 Å². The third kappa shape index (κ3) is 3.30. The molecule has 80 valence electrons. The van der Waals surface area contributed by atoms with Gasteiger partial charge in [-0.15, -0.1) is 0 Å². The minimum Gasteiger partial charge on any atom is -0.352 e. The topological polar surface area (TPSA) is 84.2 Å². The van der Waals surface area contributed by atoms with Gasteiger partial charge in [0.2, 0.25) is 6.41 Å². The van der Waals surface area contributed by atoms with Gasteiger partial charge in [-0.25, -0.2) is 4.79 Å².